The molecule has 0 spiro atoms. The second kappa shape index (κ2) is 9.13. The van der Waals surface area contributed by atoms with Crippen LogP contribution < -0.4 is 15.8 Å². The van der Waals surface area contributed by atoms with E-state index < -0.39 is 23.2 Å². The molecule has 0 aliphatic carbocycles. The quantitative estimate of drug-likeness (QED) is 0.429. The molecule has 186 valence electrons. The zero-order chi connectivity index (χ0) is 26.2. The number of ether oxygens (including phenoxy) is 1. The Morgan fingerprint density at radius 1 is 1.14 bits per heavy atom. The molecule has 0 saturated carbocycles. The van der Waals surface area contributed by atoms with Crippen LogP contribution in [0.1, 0.15) is 36.8 Å². The Bertz CT molecular complexity index is 1530. The first-order valence-electron chi connectivity index (χ1n) is 11.0. The Morgan fingerprint density at radius 2 is 1.89 bits per heavy atom. The van der Waals surface area contributed by atoms with Crippen molar-refractivity contribution >= 4 is 35.0 Å². The van der Waals surface area contributed by atoms with E-state index in [0.29, 0.717) is 5.82 Å². The maximum Gasteiger partial charge on any atom is 0.415 e. The normalized spacial score (nSPS) is 11.4. The molecule has 0 saturated heterocycles. The number of carbonyl (C=O) groups is 2. The highest BCUT2D eigenvalue weighted by atomic mass is 16.6. The van der Waals surface area contributed by atoms with Crippen LogP contribution in [-0.4, -0.2) is 54.0 Å². The number of carbonyl (C=O) groups excluding carboxylic acids is 1. The van der Waals surface area contributed by atoms with Gasteiger partial charge in [-0.15, -0.1) is 0 Å². The SMILES string of the molecule is Cc1cccc(-n2cccc(Nc3cc(N(C)C(=O)OC(C)(C)C)n4ncc(C(=O)O)c4n3)c2=O)n1. The van der Waals surface area contributed by atoms with Gasteiger partial charge in [0, 0.05) is 25.0 Å². The standard InChI is InChI=1S/C24H25N7O5/c1-14-8-6-10-18(26-14)30-11-7-9-16(21(30)32)27-17-12-19(29(5)23(35)36-24(2,3)4)31-20(28-17)15(13-25-31)22(33)34/h6-13H,1-5H3,(H,27,28)(H,33,34). The zero-order valence-electron chi connectivity index (χ0n) is 20.4. The molecule has 0 fully saturated rings. The number of amides is 1. The number of rotatable bonds is 5. The summed E-state index contributed by atoms with van der Waals surface area (Å²) in [4.78, 5) is 47.6. The van der Waals surface area contributed by atoms with Crippen LogP contribution in [0.15, 0.2) is 53.6 Å². The second-order valence-electron chi connectivity index (χ2n) is 9.00. The Balaban J connectivity index is 1.80. The molecule has 12 heteroatoms. The van der Waals surface area contributed by atoms with E-state index in [4.69, 9.17) is 4.74 Å². The molecule has 0 aromatic carbocycles. The summed E-state index contributed by atoms with van der Waals surface area (Å²) in [6.07, 6.45) is 2.05. The van der Waals surface area contributed by atoms with Gasteiger partial charge >= 0.3 is 12.1 Å². The zero-order valence-corrected chi connectivity index (χ0v) is 20.4. The highest BCUT2D eigenvalue weighted by molar-refractivity contribution is 5.95. The van der Waals surface area contributed by atoms with Crippen LogP contribution in [0.5, 0.6) is 0 Å². The molecule has 0 aliphatic heterocycles. The van der Waals surface area contributed by atoms with Crippen molar-refractivity contribution in [1.82, 2.24) is 24.1 Å². The van der Waals surface area contributed by atoms with Crippen molar-refractivity contribution in [3.63, 3.8) is 0 Å². The molecule has 0 bridgehead atoms. The smallest absolute Gasteiger partial charge is 0.415 e. The first-order valence-corrected chi connectivity index (χ1v) is 11.0. The predicted molar refractivity (Wildman–Crippen MR) is 132 cm³/mol. The van der Waals surface area contributed by atoms with Gasteiger partial charge in [-0.25, -0.2) is 19.6 Å². The number of carboxylic acid groups (broad SMARTS) is 1. The summed E-state index contributed by atoms with van der Waals surface area (Å²) in [6.45, 7) is 7.01. The Labute approximate surface area is 205 Å². The van der Waals surface area contributed by atoms with E-state index >= 15 is 0 Å². The molecular formula is C24H25N7O5. The third kappa shape index (κ3) is 4.87. The lowest BCUT2D eigenvalue weighted by molar-refractivity contribution is 0.0587. The summed E-state index contributed by atoms with van der Waals surface area (Å²) in [5.41, 5.74) is -0.428. The van der Waals surface area contributed by atoms with Crippen molar-refractivity contribution in [3.05, 3.63) is 70.4 Å². The molecule has 4 aromatic rings. The van der Waals surface area contributed by atoms with Crippen molar-refractivity contribution in [2.75, 3.05) is 17.3 Å². The summed E-state index contributed by atoms with van der Waals surface area (Å²) in [5.74, 6) is -0.488. The van der Waals surface area contributed by atoms with E-state index in [2.05, 4.69) is 20.4 Å². The summed E-state index contributed by atoms with van der Waals surface area (Å²) < 4.78 is 8.04. The number of nitrogens with one attached hydrogen (secondary N) is 1. The first kappa shape index (κ1) is 24.4. The van der Waals surface area contributed by atoms with Crippen LogP contribution in [0.25, 0.3) is 11.5 Å². The Morgan fingerprint density at radius 3 is 2.56 bits per heavy atom. The molecular weight excluding hydrogens is 466 g/mol. The lowest BCUT2D eigenvalue weighted by atomic mass is 10.2. The molecule has 0 unspecified atom stereocenters. The van der Waals surface area contributed by atoms with Gasteiger partial charge in [0.1, 0.15) is 34.3 Å². The number of hydrogen-bond donors (Lipinski definition) is 2. The van der Waals surface area contributed by atoms with Crippen LogP contribution >= 0.6 is 0 Å². The van der Waals surface area contributed by atoms with Crippen molar-refractivity contribution < 1.29 is 19.4 Å². The lowest BCUT2D eigenvalue weighted by Gasteiger charge is -2.25. The third-order valence-electron chi connectivity index (χ3n) is 5.02. The van der Waals surface area contributed by atoms with Crippen molar-refractivity contribution in [1.29, 1.82) is 0 Å². The number of pyridine rings is 2. The van der Waals surface area contributed by atoms with Gasteiger partial charge < -0.3 is 15.2 Å². The fourth-order valence-corrected chi connectivity index (χ4v) is 3.40. The van der Waals surface area contributed by atoms with E-state index in [1.807, 2.05) is 13.0 Å². The van der Waals surface area contributed by atoms with Gasteiger partial charge in [-0.3, -0.25) is 14.3 Å². The number of anilines is 3. The van der Waals surface area contributed by atoms with Crippen LogP contribution in [-0.2, 0) is 4.74 Å². The van der Waals surface area contributed by atoms with Gasteiger partial charge in [0.2, 0.25) is 0 Å². The number of aromatic carboxylic acids is 1. The van der Waals surface area contributed by atoms with E-state index in [0.717, 1.165) is 11.9 Å². The topological polar surface area (TPSA) is 144 Å². The Hall–Kier alpha value is -4.74. The molecule has 4 aromatic heterocycles. The fraction of sp³-hybridized carbons (Fsp3) is 0.250. The van der Waals surface area contributed by atoms with Gasteiger partial charge in [-0.2, -0.15) is 9.61 Å². The summed E-state index contributed by atoms with van der Waals surface area (Å²) in [7, 11) is 1.47. The second-order valence-corrected chi connectivity index (χ2v) is 9.00. The molecule has 4 rings (SSSR count). The van der Waals surface area contributed by atoms with E-state index in [-0.39, 0.29) is 28.5 Å². The van der Waals surface area contributed by atoms with Crippen LogP contribution in [0.4, 0.5) is 22.1 Å². The monoisotopic (exact) mass is 491 g/mol. The molecule has 1 amide bonds. The first-order chi connectivity index (χ1) is 16.9. The maximum absolute atomic E-state index is 13.2. The molecule has 2 N–H and O–H groups in total. The Kier molecular flexibility index (Phi) is 6.19. The molecule has 0 aliphatic rings. The number of aryl methyl sites for hydroxylation is 1. The molecule has 4 heterocycles. The van der Waals surface area contributed by atoms with Gasteiger partial charge in [-0.1, -0.05) is 6.07 Å². The van der Waals surface area contributed by atoms with E-state index in [1.165, 1.54) is 27.1 Å². The van der Waals surface area contributed by atoms with Crippen molar-refractivity contribution in [2.24, 2.45) is 0 Å². The summed E-state index contributed by atoms with van der Waals surface area (Å²) in [6, 6.07) is 10.0. The highest BCUT2D eigenvalue weighted by Crippen LogP contribution is 2.24. The minimum atomic E-state index is -1.24. The summed E-state index contributed by atoms with van der Waals surface area (Å²) in [5, 5.41) is 16.6. The van der Waals surface area contributed by atoms with Crippen LogP contribution in [0.2, 0.25) is 0 Å². The minimum absolute atomic E-state index is 0.0190. The van der Waals surface area contributed by atoms with Gasteiger partial charge in [0.05, 0.1) is 6.20 Å². The largest absolute Gasteiger partial charge is 0.477 e. The van der Waals surface area contributed by atoms with Gasteiger partial charge in [0.15, 0.2) is 5.65 Å². The van der Waals surface area contributed by atoms with E-state index in [9.17, 15) is 19.5 Å². The average molecular weight is 492 g/mol. The summed E-state index contributed by atoms with van der Waals surface area (Å²) >= 11 is 0. The van der Waals surface area contributed by atoms with Gasteiger partial charge in [0.25, 0.3) is 5.56 Å². The molecule has 0 radical (unpaired) electrons. The molecule has 0 atom stereocenters. The average Bonchev–Trinajstić information content (AvgIpc) is 3.22. The van der Waals surface area contributed by atoms with Crippen molar-refractivity contribution in [3.8, 4) is 5.82 Å². The fourth-order valence-electron chi connectivity index (χ4n) is 3.40. The van der Waals surface area contributed by atoms with E-state index in [1.54, 1.807) is 51.2 Å². The number of aromatic nitrogens is 5. The molecule has 36 heavy (non-hydrogen) atoms. The highest BCUT2D eigenvalue weighted by Gasteiger charge is 2.25. The number of carboxylic acids is 1. The number of nitrogens with zero attached hydrogens (tertiary/aromatic N) is 6. The molecule has 12 nitrogen and oxygen atoms in total. The third-order valence-corrected chi connectivity index (χ3v) is 5.02. The van der Waals surface area contributed by atoms with Crippen molar-refractivity contribution in [2.45, 2.75) is 33.3 Å². The number of fused-ring (bicyclic) bond motifs is 1. The van der Waals surface area contributed by atoms with Crippen LogP contribution in [0, 0.1) is 6.92 Å². The minimum Gasteiger partial charge on any atom is -0.477 e. The number of hydrogen-bond acceptors (Lipinski definition) is 8. The van der Waals surface area contributed by atoms with Gasteiger partial charge in [-0.05, 0) is 52.0 Å². The predicted octanol–water partition coefficient (Wildman–Crippen LogP) is 3.40. The van der Waals surface area contributed by atoms with Crippen LogP contribution in [0.3, 0.4) is 0 Å². The lowest BCUT2D eigenvalue weighted by Crippen LogP contribution is -2.35. The maximum atomic E-state index is 13.2.